The Labute approximate surface area is 458 Å². The molecule has 392 valence electrons. The van der Waals surface area contributed by atoms with E-state index in [1.54, 1.807) is 0 Å². The number of nitrogens with zero attached hydrogens (tertiary/aromatic N) is 6. The van der Waals surface area contributed by atoms with Crippen molar-refractivity contribution in [3.8, 4) is 17.2 Å². The Morgan fingerprint density at radius 2 is 0.414 bits per heavy atom. The van der Waals surface area contributed by atoms with Crippen LogP contribution in [0.5, 0.6) is 17.2 Å². The van der Waals surface area contributed by atoms with E-state index < -0.39 is 0 Å². The van der Waals surface area contributed by atoms with Gasteiger partial charge in [-0.15, -0.1) is 0 Å². The number of likely N-dealkylation sites (tertiary alicyclic amines) is 6. The maximum absolute atomic E-state index is 10.8. The molecule has 0 atom stereocenters. The molecule has 3 aromatic rings. The molecule has 6 fully saturated rings. The molecule has 0 radical (unpaired) electrons. The zero-order valence-electron chi connectivity index (χ0n) is 45.6. The number of rotatable bonds is 12. The molecule has 70 heavy (non-hydrogen) atoms. The van der Waals surface area contributed by atoms with Crippen LogP contribution >= 0.6 is 0 Å². The molecule has 0 aromatic heterocycles. The average Bonchev–Trinajstić information content (AvgIpc) is 4.14. The maximum Gasteiger partial charge on any atom is 0.124 e. The van der Waals surface area contributed by atoms with Crippen molar-refractivity contribution in [1.29, 1.82) is 0 Å². The molecule has 3 N–H and O–H groups in total. The molecule has 0 bridgehead atoms. The molecule has 9 nitrogen and oxygen atoms in total. The second-order valence-corrected chi connectivity index (χ2v) is 25.1. The number of phenols is 3. The molecule has 3 aromatic carbocycles. The SMILES string of the molecule is CC(C)(C)c1cc(CN2CCCC2)c(O)c(CN2CCCC2)c1.CC(C)(C)c1cc(CN2CCCC2)c(O)c(CN2CCCC2)c1.CC(C)(C)c1cc(CN2CCCC2)c(O)c(CN2CCCC2)c1.[Gd]. The smallest absolute Gasteiger partial charge is 0.124 e. The molecule has 0 spiro atoms. The van der Waals surface area contributed by atoms with E-state index in [2.05, 4.69) is 128 Å². The van der Waals surface area contributed by atoms with Crippen LogP contribution in [0.25, 0.3) is 0 Å². The van der Waals surface area contributed by atoms with Gasteiger partial charge in [0, 0.05) is 113 Å². The molecule has 6 aliphatic heterocycles. The fourth-order valence-corrected chi connectivity index (χ4v) is 11.4. The van der Waals surface area contributed by atoms with E-state index in [1.165, 1.54) is 172 Å². The van der Waals surface area contributed by atoms with Crippen LogP contribution in [0.15, 0.2) is 36.4 Å². The van der Waals surface area contributed by atoms with Gasteiger partial charge in [0.05, 0.1) is 0 Å². The molecular weight excluding hydrogens is 1010 g/mol. The molecule has 0 aliphatic carbocycles. The standard InChI is InChI=1S/3C20H32N2O.Gd/c3*1-20(2,3)18-12-16(14-21-8-4-5-9-21)19(23)17(13-18)15-22-10-6-7-11-22;/h3*12-13,23H,4-11,14-15H2,1-3H3;. The van der Waals surface area contributed by atoms with E-state index in [1.807, 2.05) is 0 Å². The zero-order chi connectivity index (χ0) is 49.3. The van der Waals surface area contributed by atoms with Crippen LogP contribution in [0, 0.1) is 39.9 Å². The fourth-order valence-electron chi connectivity index (χ4n) is 11.4. The van der Waals surface area contributed by atoms with Crippen LogP contribution in [0.1, 0.15) is 189 Å². The number of hydrogen-bond acceptors (Lipinski definition) is 9. The van der Waals surface area contributed by atoms with Crippen molar-refractivity contribution in [2.75, 3.05) is 78.5 Å². The summed E-state index contributed by atoms with van der Waals surface area (Å²) in [6.07, 6.45) is 15.5. The normalized spacial score (nSPS) is 20.2. The van der Waals surface area contributed by atoms with Crippen molar-refractivity contribution >= 4 is 0 Å². The quantitative estimate of drug-likeness (QED) is 0.164. The van der Waals surface area contributed by atoms with E-state index in [4.69, 9.17) is 0 Å². The van der Waals surface area contributed by atoms with Crippen molar-refractivity contribution in [3.63, 3.8) is 0 Å². The Hall–Kier alpha value is -1.86. The minimum atomic E-state index is 0. The Morgan fingerprint density at radius 1 is 0.286 bits per heavy atom. The van der Waals surface area contributed by atoms with Crippen LogP contribution in [0.2, 0.25) is 0 Å². The van der Waals surface area contributed by atoms with E-state index in [-0.39, 0.29) is 56.2 Å². The third-order valence-corrected chi connectivity index (χ3v) is 16.0. The number of hydrogen-bond donors (Lipinski definition) is 3. The Morgan fingerprint density at radius 3 is 0.529 bits per heavy atom. The fraction of sp³-hybridized carbons (Fsp3) is 0.700. The van der Waals surface area contributed by atoms with Crippen LogP contribution in [-0.4, -0.2) is 123 Å². The Balaban J connectivity index is 0.000000171. The summed E-state index contributed by atoms with van der Waals surface area (Å²) in [5.74, 6) is 1.62. The molecule has 6 aliphatic rings. The summed E-state index contributed by atoms with van der Waals surface area (Å²) < 4.78 is 0. The number of aromatic hydroxyl groups is 3. The first kappa shape index (κ1) is 57.4. The molecule has 6 saturated heterocycles. The van der Waals surface area contributed by atoms with Gasteiger partial charge in [-0.3, -0.25) is 29.4 Å². The van der Waals surface area contributed by atoms with Gasteiger partial charge in [0.1, 0.15) is 17.2 Å². The molecule has 0 unspecified atom stereocenters. The number of benzene rings is 3. The van der Waals surface area contributed by atoms with Crippen molar-refractivity contribution in [2.24, 2.45) is 0 Å². The van der Waals surface area contributed by atoms with Crippen LogP contribution in [-0.2, 0) is 55.5 Å². The van der Waals surface area contributed by atoms with Gasteiger partial charge in [-0.2, -0.15) is 0 Å². The van der Waals surface area contributed by atoms with Gasteiger partial charge in [-0.25, -0.2) is 0 Å². The predicted octanol–water partition coefficient (Wildman–Crippen LogP) is 11.6. The van der Waals surface area contributed by atoms with Gasteiger partial charge in [0.2, 0.25) is 0 Å². The van der Waals surface area contributed by atoms with Crippen LogP contribution in [0.3, 0.4) is 0 Å². The summed E-state index contributed by atoms with van der Waals surface area (Å²) in [5, 5.41) is 32.5. The van der Waals surface area contributed by atoms with Gasteiger partial charge in [0.15, 0.2) is 0 Å². The van der Waals surface area contributed by atoms with E-state index >= 15 is 0 Å². The minimum absolute atomic E-state index is 0. The molecule has 9 rings (SSSR count). The van der Waals surface area contributed by atoms with E-state index in [0.717, 1.165) is 72.6 Å². The minimum Gasteiger partial charge on any atom is -0.507 e. The summed E-state index contributed by atoms with van der Waals surface area (Å²) in [6, 6.07) is 13.4. The topological polar surface area (TPSA) is 80.1 Å². The van der Waals surface area contributed by atoms with Gasteiger partial charge in [-0.1, -0.05) is 98.7 Å². The van der Waals surface area contributed by atoms with Gasteiger partial charge in [0.25, 0.3) is 0 Å². The van der Waals surface area contributed by atoms with Gasteiger partial charge < -0.3 is 15.3 Å². The summed E-state index contributed by atoms with van der Waals surface area (Å²) >= 11 is 0. The first-order valence-electron chi connectivity index (χ1n) is 27.7. The second-order valence-electron chi connectivity index (χ2n) is 25.1. The predicted molar refractivity (Wildman–Crippen MR) is 287 cm³/mol. The third-order valence-electron chi connectivity index (χ3n) is 16.0. The molecule has 0 saturated carbocycles. The van der Waals surface area contributed by atoms with Crippen LogP contribution in [0.4, 0.5) is 0 Å². The average molecular weight is 1110 g/mol. The van der Waals surface area contributed by atoms with Gasteiger partial charge >= 0.3 is 0 Å². The van der Waals surface area contributed by atoms with E-state index in [0.29, 0.717) is 17.2 Å². The van der Waals surface area contributed by atoms with Crippen molar-refractivity contribution in [1.82, 2.24) is 29.4 Å². The third kappa shape index (κ3) is 16.6. The summed E-state index contributed by atoms with van der Waals surface area (Å²) in [7, 11) is 0. The van der Waals surface area contributed by atoms with Crippen molar-refractivity contribution < 1.29 is 55.3 Å². The monoisotopic (exact) mass is 1110 g/mol. The zero-order valence-corrected chi connectivity index (χ0v) is 47.8. The maximum atomic E-state index is 10.8. The largest absolute Gasteiger partial charge is 0.507 e. The first-order chi connectivity index (χ1) is 32.8. The Kier molecular flexibility index (Phi) is 21.4. The van der Waals surface area contributed by atoms with E-state index in [9.17, 15) is 15.3 Å². The van der Waals surface area contributed by atoms with Crippen molar-refractivity contribution in [2.45, 2.75) is 195 Å². The molecule has 6 heterocycles. The summed E-state index contributed by atoms with van der Waals surface area (Å²) in [6.45, 7) is 39.7. The Bertz CT molecular complexity index is 1730. The van der Waals surface area contributed by atoms with Crippen molar-refractivity contribution in [3.05, 3.63) is 86.5 Å². The molecule has 0 amide bonds. The number of phenolic OH excluding ortho intramolecular Hbond substituents is 3. The molecular formula is C60H96GdN6O3. The molecule has 10 heteroatoms. The first-order valence-corrected chi connectivity index (χ1v) is 27.7. The van der Waals surface area contributed by atoms with Gasteiger partial charge in [-0.05, 0) is 189 Å². The van der Waals surface area contributed by atoms with Crippen LogP contribution < -0.4 is 0 Å². The second kappa shape index (κ2) is 26.1. The summed E-state index contributed by atoms with van der Waals surface area (Å²) in [5.41, 5.74) is 11.1. The summed E-state index contributed by atoms with van der Waals surface area (Å²) in [4.78, 5) is 14.8.